The van der Waals surface area contributed by atoms with Crippen LogP contribution in [0.25, 0.3) is 10.9 Å². The first kappa shape index (κ1) is 25.0. The highest BCUT2D eigenvalue weighted by Gasteiger charge is 2.56. The molecular weight excluding hydrogens is 604 g/mol. The number of pyridine rings is 1. The van der Waals surface area contributed by atoms with Crippen molar-refractivity contribution in [3.8, 4) is 22.7 Å². The fourth-order valence-corrected chi connectivity index (χ4v) is 4.30. The molecule has 5 rings (SSSR count). The summed E-state index contributed by atoms with van der Waals surface area (Å²) in [5, 5.41) is 9.35. The van der Waals surface area contributed by atoms with Gasteiger partial charge in [0, 0.05) is 49.7 Å². The van der Waals surface area contributed by atoms with Gasteiger partial charge in [0.25, 0.3) is 0 Å². The van der Waals surface area contributed by atoms with E-state index in [1.807, 2.05) is 18.2 Å². The van der Waals surface area contributed by atoms with Crippen LogP contribution in [0, 0.1) is 22.4 Å². The van der Waals surface area contributed by atoms with Crippen molar-refractivity contribution in [3.63, 3.8) is 0 Å². The SMILES string of the molecule is O=C(Nc1ccc(F)cc1)C1(C(=O)Nc2ccc(Oc3ccnc4cc(C#CSI)ccc34)cc2)CC1. The summed E-state index contributed by atoms with van der Waals surface area (Å²) in [6.45, 7) is 0. The van der Waals surface area contributed by atoms with Gasteiger partial charge in [-0.25, -0.2) is 4.39 Å². The first-order chi connectivity index (χ1) is 18.0. The molecule has 6 nitrogen and oxygen atoms in total. The van der Waals surface area contributed by atoms with Crippen LogP contribution in [0.4, 0.5) is 15.8 Å². The molecule has 0 aliphatic heterocycles. The van der Waals surface area contributed by atoms with Gasteiger partial charge < -0.3 is 15.4 Å². The standard InChI is InChI=1S/C28H19FIN3O3S/c29-19-2-4-20(5-3-19)32-26(34)28(13-14-28)27(35)33-21-6-8-22(9-7-21)36-25-11-15-31-24-17-18(12-16-37-30)1-10-23(24)25/h1-11,15,17H,13-14H2,(H,32,34)(H,33,35). The molecule has 2 N–H and O–H groups in total. The lowest BCUT2D eigenvalue weighted by Crippen LogP contribution is -2.35. The van der Waals surface area contributed by atoms with Gasteiger partial charge in [0.1, 0.15) is 22.7 Å². The molecule has 0 saturated heterocycles. The zero-order valence-corrected chi connectivity index (χ0v) is 22.2. The Morgan fingerprint density at radius 1 is 0.946 bits per heavy atom. The predicted molar refractivity (Wildman–Crippen MR) is 152 cm³/mol. The van der Waals surface area contributed by atoms with E-state index in [4.69, 9.17) is 4.74 Å². The third kappa shape index (κ3) is 5.70. The van der Waals surface area contributed by atoms with Crippen LogP contribution in [0.1, 0.15) is 18.4 Å². The number of halogens is 2. The van der Waals surface area contributed by atoms with Crippen molar-refractivity contribution in [2.45, 2.75) is 12.8 Å². The van der Waals surface area contributed by atoms with Crippen LogP contribution in [-0.4, -0.2) is 16.8 Å². The number of hydrogen-bond donors (Lipinski definition) is 2. The fourth-order valence-electron chi connectivity index (χ4n) is 3.82. The number of amides is 2. The first-order valence-corrected chi connectivity index (χ1v) is 14.7. The zero-order chi connectivity index (χ0) is 25.8. The number of nitrogens with zero attached hydrogens (tertiary/aromatic N) is 1. The molecule has 0 spiro atoms. The van der Waals surface area contributed by atoms with E-state index in [1.165, 1.54) is 33.2 Å². The Morgan fingerprint density at radius 3 is 2.22 bits per heavy atom. The molecule has 1 saturated carbocycles. The van der Waals surface area contributed by atoms with Crippen molar-refractivity contribution < 1.29 is 18.7 Å². The molecule has 1 aliphatic carbocycles. The van der Waals surface area contributed by atoms with Gasteiger partial charge in [0.05, 0.1) is 5.52 Å². The molecule has 1 aromatic heterocycles. The minimum absolute atomic E-state index is 0.374. The van der Waals surface area contributed by atoms with Gasteiger partial charge in [-0.05, 0) is 99.8 Å². The van der Waals surface area contributed by atoms with Crippen LogP contribution in [-0.2, 0) is 9.59 Å². The summed E-state index contributed by atoms with van der Waals surface area (Å²) in [5.74, 6) is 3.13. The summed E-state index contributed by atoms with van der Waals surface area (Å²) in [5.41, 5.74) is 1.52. The number of benzene rings is 3. The topological polar surface area (TPSA) is 80.3 Å². The molecule has 9 heteroatoms. The van der Waals surface area contributed by atoms with Gasteiger partial charge in [-0.1, -0.05) is 5.92 Å². The largest absolute Gasteiger partial charge is 0.457 e. The van der Waals surface area contributed by atoms with Crippen molar-refractivity contribution >= 4 is 64.2 Å². The predicted octanol–water partition coefficient (Wildman–Crippen LogP) is 6.92. The smallest absolute Gasteiger partial charge is 0.240 e. The Hall–Kier alpha value is -3.62. The number of aromatic nitrogens is 1. The highest BCUT2D eigenvalue weighted by atomic mass is 127. The number of fused-ring (bicyclic) bond motifs is 1. The average Bonchev–Trinajstić information content (AvgIpc) is 3.72. The molecule has 37 heavy (non-hydrogen) atoms. The van der Waals surface area contributed by atoms with Crippen LogP contribution < -0.4 is 15.4 Å². The Kier molecular flexibility index (Phi) is 7.30. The van der Waals surface area contributed by atoms with E-state index in [-0.39, 0.29) is 5.91 Å². The van der Waals surface area contributed by atoms with Gasteiger partial charge in [0.2, 0.25) is 11.8 Å². The van der Waals surface area contributed by atoms with E-state index in [9.17, 15) is 14.0 Å². The Labute approximate surface area is 229 Å². The Bertz CT molecular complexity index is 1550. The minimum atomic E-state index is -1.13. The number of rotatable bonds is 6. The normalized spacial score (nSPS) is 13.2. The molecule has 2 amide bonds. The van der Waals surface area contributed by atoms with Crippen LogP contribution in [0.3, 0.4) is 0 Å². The second-order valence-corrected chi connectivity index (χ2v) is 10.1. The van der Waals surface area contributed by atoms with E-state index in [0.717, 1.165) is 16.5 Å². The maximum absolute atomic E-state index is 13.1. The lowest BCUT2D eigenvalue weighted by molar-refractivity contribution is -0.131. The maximum Gasteiger partial charge on any atom is 0.240 e. The Balaban J connectivity index is 1.25. The summed E-state index contributed by atoms with van der Waals surface area (Å²) < 4.78 is 19.2. The van der Waals surface area contributed by atoms with E-state index >= 15 is 0 Å². The monoisotopic (exact) mass is 623 g/mol. The number of nitrogens with one attached hydrogen (secondary N) is 2. The molecule has 3 aromatic carbocycles. The van der Waals surface area contributed by atoms with Gasteiger partial charge in [-0.15, -0.1) is 0 Å². The second kappa shape index (κ2) is 10.8. The van der Waals surface area contributed by atoms with Crippen molar-refractivity contribution in [2.24, 2.45) is 5.41 Å². The maximum atomic E-state index is 13.1. The fraction of sp³-hybridized carbons (Fsp3) is 0.107. The number of anilines is 2. The summed E-state index contributed by atoms with van der Waals surface area (Å²) >= 11 is 2.13. The van der Waals surface area contributed by atoms with Crippen molar-refractivity contribution in [1.29, 1.82) is 0 Å². The summed E-state index contributed by atoms with van der Waals surface area (Å²) in [6, 6.07) is 19.9. The molecule has 4 aromatic rings. The lowest BCUT2D eigenvalue weighted by atomic mass is 10.0. The van der Waals surface area contributed by atoms with Crippen LogP contribution in [0.5, 0.6) is 11.5 Å². The number of ether oxygens (including phenoxy) is 1. The molecule has 184 valence electrons. The van der Waals surface area contributed by atoms with Crippen molar-refractivity contribution in [3.05, 3.63) is 90.4 Å². The molecule has 1 heterocycles. The van der Waals surface area contributed by atoms with E-state index in [0.29, 0.717) is 35.7 Å². The summed E-state index contributed by atoms with van der Waals surface area (Å²) in [7, 11) is 1.42. The van der Waals surface area contributed by atoms with Crippen molar-refractivity contribution in [1.82, 2.24) is 4.98 Å². The van der Waals surface area contributed by atoms with Crippen LogP contribution in [0.15, 0.2) is 79.0 Å². The molecule has 1 fully saturated rings. The average molecular weight is 623 g/mol. The Morgan fingerprint density at radius 2 is 1.59 bits per heavy atom. The molecule has 0 bridgehead atoms. The van der Waals surface area contributed by atoms with Crippen molar-refractivity contribution in [2.75, 3.05) is 10.6 Å². The number of carbonyl (C=O) groups is 2. The molecule has 0 unspecified atom stereocenters. The van der Waals surface area contributed by atoms with E-state index < -0.39 is 17.1 Å². The zero-order valence-electron chi connectivity index (χ0n) is 19.3. The van der Waals surface area contributed by atoms with Gasteiger partial charge in [-0.2, -0.15) is 0 Å². The quantitative estimate of drug-likeness (QED) is 0.139. The third-order valence-electron chi connectivity index (χ3n) is 6.00. The highest BCUT2D eigenvalue weighted by molar-refractivity contribution is 14.2. The summed E-state index contributed by atoms with van der Waals surface area (Å²) in [6.07, 6.45) is 2.58. The van der Waals surface area contributed by atoms with Crippen LogP contribution in [0.2, 0.25) is 0 Å². The molecule has 0 atom stereocenters. The van der Waals surface area contributed by atoms with Crippen LogP contribution >= 0.6 is 30.1 Å². The number of carbonyl (C=O) groups excluding carboxylic acids is 2. The molecule has 0 radical (unpaired) electrons. The van der Waals surface area contributed by atoms with E-state index in [2.05, 4.69) is 48.0 Å². The number of hydrogen-bond acceptors (Lipinski definition) is 5. The highest BCUT2D eigenvalue weighted by Crippen LogP contribution is 2.47. The molecule has 1 aliphatic rings. The summed E-state index contributed by atoms with van der Waals surface area (Å²) in [4.78, 5) is 30.1. The van der Waals surface area contributed by atoms with Gasteiger partial charge in [0.15, 0.2) is 0 Å². The van der Waals surface area contributed by atoms with Gasteiger partial charge >= 0.3 is 0 Å². The van der Waals surface area contributed by atoms with Gasteiger partial charge in [-0.3, -0.25) is 14.6 Å². The first-order valence-electron chi connectivity index (χ1n) is 11.3. The lowest BCUT2D eigenvalue weighted by Gasteiger charge is -2.16. The third-order valence-corrected chi connectivity index (χ3v) is 6.84. The second-order valence-electron chi connectivity index (χ2n) is 8.47. The molecular formula is C28H19FIN3O3S. The minimum Gasteiger partial charge on any atom is -0.457 e. The van der Waals surface area contributed by atoms with E-state index in [1.54, 1.807) is 36.5 Å².